The minimum absolute atomic E-state index is 0.0884. The molecular weight excluding hydrogens is 305 g/mol. The van der Waals surface area contributed by atoms with Gasteiger partial charge in [0.25, 0.3) is 0 Å². The fourth-order valence-corrected chi connectivity index (χ4v) is 2.63. The van der Waals surface area contributed by atoms with Gasteiger partial charge in [0.05, 0.1) is 18.2 Å². The van der Waals surface area contributed by atoms with Gasteiger partial charge in [0.2, 0.25) is 0 Å². The van der Waals surface area contributed by atoms with E-state index in [1.165, 1.54) is 6.07 Å². The van der Waals surface area contributed by atoms with Gasteiger partial charge in [-0.05, 0) is 30.7 Å². The number of pyridine rings is 1. The molecular formula is C16H17ClFN3O. The van der Waals surface area contributed by atoms with Crippen molar-refractivity contribution >= 4 is 28.8 Å². The van der Waals surface area contributed by atoms with Crippen LogP contribution < -0.4 is 10.2 Å². The van der Waals surface area contributed by atoms with Gasteiger partial charge in [-0.25, -0.2) is 9.37 Å². The lowest BCUT2D eigenvalue weighted by molar-refractivity contribution is 0.122. The number of aryl methyl sites for hydroxylation is 1. The van der Waals surface area contributed by atoms with Crippen molar-refractivity contribution in [2.75, 3.05) is 36.5 Å². The molecule has 116 valence electrons. The highest BCUT2D eigenvalue weighted by molar-refractivity contribution is 6.31. The van der Waals surface area contributed by atoms with Crippen LogP contribution in [0.15, 0.2) is 30.5 Å². The van der Waals surface area contributed by atoms with Crippen LogP contribution in [0.1, 0.15) is 5.56 Å². The fraction of sp³-hybridized carbons (Fsp3) is 0.312. The Balaban J connectivity index is 1.83. The van der Waals surface area contributed by atoms with E-state index in [1.54, 1.807) is 12.1 Å². The van der Waals surface area contributed by atoms with Gasteiger partial charge in [-0.15, -0.1) is 0 Å². The normalized spacial score (nSPS) is 15.0. The third kappa shape index (κ3) is 3.31. The van der Waals surface area contributed by atoms with E-state index < -0.39 is 5.82 Å². The number of halogens is 2. The standard InChI is InChI=1S/C16H17ClFN3O/c1-11-10-19-16(9-15(11)21-4-6-22-7-5-21)20-12-2-3-14(18)13(17)8-12/h2-3,8-10H,4-7H2,1H3,(H,19,20). The molecule has 2 heterocycles. The summed E-state index contributed by atoms with van der Waals surface area (Å²) in [6.45, 7) is 5.24. The van der Waals surface area contributed by atoms with Crippen LogP contribution in [0.25, 0.3) is 0 Å². The minimum atomic E-state index is -0.432. The van der Waals surface area contributed by atoms with Gasteiger partial charge in [0, 0.05) is 36.7 Å². The number of nitrogens with one attached hydrogen (secondary N) is 1. The van der Waals surface area contributed by atoms with Crippen LogP contribution in [0.4, 0.5) is 21.6 Å². The lowest BCUT2D eigenvalue weighted by Crippen LogP contribution is -2.36. The van der Waals surface area contributed by atoms with Crippen molar-refractivity contribution in [2.24, 2.45) is 0 Å². The van der Waals surface area contributed by atoms with E-state index in [9.17, 15) is 4.39 Å². The van der Waals surface area contributed by atoms with Crippen molar-refractivity contribution in [3.8, 4) is 0 Å². The molecule has 4 nitrogen and oxygen atoms in total. The Kier molecular flexibility index (Phi) is 4.45. The molecule has 6 heteroatoms. The molecule has 0 saturated carbocycles. The topological polar surface area (TPSA) is 37.4 Å². The van der Waals surface area contributed by atoms with Gasteiger partial charge in [0.1, 0.15) is 11.6 Å². The molecule has 0 bridgehead atoms. The van der Waals surface area contributed by atoms with Crippen LogP contribution in [-0.2, 0) is 4.74 Å². The lowest BCUT2D eigenvalue weighted by atomic mass is 10.2. The zero-order chi connectivity index (χ0) is 15.5. The first-order chi connectivity index (χ1) is 10.6. The zero-order valence-corrected chi connectivity index (χ0v) is 13.0. The molecule has 0 unspecified atom stereocenters. The van der Waals surface area contributed by atoms with Crippen LogP contribution in [-0.4, -0.2) is 31.3 Å². The van der Waals surface area contributed by atoms with E-state index in [-0.39, 0.29) is 5.02 Å². The molecule has 1 fully saturated rings. The summed E-state index contributed by atoms with van der Waals surface area (Å²) in [6.07, 6.45) is 1.83. The smallest absolute Gasteiger partial charge is 0.141 e. The van der Waals surface area contributed by atoms with Crippen LogP contribution >= 0.6 is 11.6 Å². The molecule has 1 aromatic heterocycles. The molecule has 0 aliphatic carbocycles. The van der Waals surface area contributed by atoms with Crippen molar-refractivity contribution in [3.05, 3.63) is 46.9 Å². The number of rotatable bonds is 3. The summed E-state index contributed by atoms with van der Waals surface area (Å²) in [5.41, 5.74) is 2.95. The number of hydrogen-bond acceptors (Lipinski definition) is 4. The molecule has 0 spiro atoms. The second kappa shape index (κ2) is 6.50. The summed E-state index contributed by atoms with van der Waals surface area (Å²) in [5.74, 6) is 0.271. The minimum Gasteiger partial charge on any atom is -0.378 e. The monoisotopic (exact) mass is 321 g/mol. The largest absolute Gasteiger partial charge is 0.378 e. The predicted molar refractivity (Wildman–Crippen MR) is 86.7 cm³/mol. The SMILES string of the molecule is Cc1cnc(Nc2ccc(F)c(Cl)c2)cc1N1CCOCC1. The van der Waals surface area contributed by atoms with Crippen molar-refractivity contribution in [2.45, 2.75) is 6.92 Å². The first-order valence-electron chi connectivity index (χ1n) is 7.15. The van der Waals surface area contributed by atoms with Gasteiger partial charge in [-0.3, -0.25) is 0 Å². The molecule has 3 rings (SSSR count). The maximum Gasteiger partial charge on any atom is 0.141 e. The van der Waals surface area contributed by atoms with Gasteiger partial charge in [0.15, 0.2) is 0 Å². The average molecular weight is 322 g/mol. The predicted octanol–water partition coefficient (Wildman–Crippen LogP) is 3.76. The quantitative estimate of drug-likeness (QED) is 0.934. The summed E-state index contributed by atoms with van der Waals surface area (Å²) in [6, 6.07) is 6.52. The molecule has 1 aliphatic rings. The molecule has 1 aliphatic heterocycles. The maximum atomic E-state index is 13.2. The highest BCUT2D eigenvalue weighted by Crippen LogP contribution is 2.26. The van der Waals surface area contributed by atoms with Crippen molar-refractivity contribution < 1.29 is 9.13 Å². The molecule has 0 radical (unpaired) electrons. The number of ether oxygens (including phenoxy) is 1. The number of aromatic nitrogens is 1. The second-order valence-electron chi connectivity index (χ2n) is 5.21. The highest BCUT2D eigenvalue weighted by Gasteiger charge is 2.14. The van der Waals surface area contributed by atoms with Crippen molar-refractivity contribution in [1.29, 1.82) is 0 Å². The summed E-state index contributed by atoms with van der Waals surface area (Å²) < 4.78 is 18.6. The molecule has 0 atom stereocenters. The van der Waals surface area contributed by atoms with Crippen LogP contribution in [0.5, 0.6) is 0 Å². The van der Waals surface area contributed by atoms with E-state index >= 15 is 0 Å². The Morgan fingerprint density at radius 1 is 1.27 bits per heavy atom. The first kappa shape index (κ1) is 15.1. The van der Waals surface area contributed by atoms with E-state index in [0.29, 0.717) is 11.5 Å². The Morgan fingerprint density at radius 2 is 2.05 bits per heavy atom. The number of morpholine rings is 1. The maximum absolute atomic E-state index is 13.2. The Labute approximate surface area is 133 Å². The Morgan fingerprint density at radius 3 is 2.77 bits per heavy atom. The van der Waals surface area contributed by atoms with Crippen LogP contribution in [0, 0.1) is 12.7 Å². The number of anilines is 3. The number of nitrogens with zero attached hydrogens (tertiary/aromatic N) is 2. The molecule has 1 saturated heterocycles. The molecule has 1 N–H and O–H groups in total. The summed E-state index contributed by atoms with van der Waals surface area (Å²) in [4.78, 5) is 6.66. The van der Waals surface area contributed by atoms with Gasteiger partial charge < -0.3 is 15.0 Å². The third-order valence-electron chi connectivity index (χ3n) is 3.62. The molecule has 2 aromatic rings. The third-order valence-corrected chi connectivity index (χ3v) is 3.91. The summed E-state index contributed by atoms with van der Waals surface area (Å²) >= 11 is 5.80. The Hall–Kier alpha value is -1.85. The summed E-state index contributed by atoms with van der Waals surface area (Å²) in [5, 5.41) is 3.25. The average Bonchev–Trinajstić information content (AvgIpc) is 2.54. The first-order valence-corrected chi connectivity index (χ1v) is 7.53. The highest BCUT2D eigenvalue weighted by atomic mass is 35.5. The fourth-order valence-electron chi connectivity index (χ4n) is 2.45. The van der Waals surface area contributed by atoms with E-state index in [2.05, 4.69) is 15.2 Å². The number of benzene rings is 1. The summed E-state index contributed by atoms with van der Waals surface area (Å²) in [7, 11) is 0. The Bertz CT molecular complexity index is 674. The van der Waals surface area contributed by atoms with Gasteiger partial charge >= 0.3 is 0 Å². The lowest BCUT2D eigenvalue weighted by Gasteiger charge is -2.30. The van der Waals surface area contributed by atoms with Gasteiger partial charge in [-0.2, -0.15) is 0 Å². The molecule has 0 amide bonds. The van der Waals surface area contributed by atoms with Crippen LogP contribution in [0.3, 0.4) is 0 Å². The molecule has 1 aromatic carbocycles. The second-order valence-corrected chi connectivity index (χ2v) is 5.62. The van der Waals surface area contributed by atoms with Crippen molar-refractivity contribution in [1.82, 2.24) is 4.98 Å². The van der Waals surface area contributed by atoms with Crippen molar-refractivity contribution in [3.63, 3.8) is 0 Å². The van der Waals surface area contributed by atoms with E-state index in [4.69, 9.17) is 16.3 Å². The molecule has 22 heavy (non-hydrogen) atoms. The van der Waals surface area contributed by atoms with E-state index in [1.807, 2.05) is 19.2 Å². The van der Waals surface area contributed by atoms with E-state index in [0.717, 1.165) is 37.6 Å². The zero-order valence-electron chi connectivity index (χ0n) is 12.3. The van der Waals surface area contributed by atoms with Crippen LogP contribution in [0.2, 0.25) is 5.02 Å². The van der Waals surface area contributed by atoms with Gasteiger partial charge in [-0.1, -0.05) is 11.6 Å². The number of hydrogen-bond donors (Lipinski definition) is 1.